The van der Waals surface area contributed by atoms with Crippen LogP contribution in [0.4, 0.5) is 4.39 Å². The third kappa shape index (κ3) is 3.46. The molecule has 0 aromatic heterocycles. The van der Waals surface area contributed by atoms with E-state index in [2.05, 4.69) is 0 Å². The van der Waals surface area contributed by atoms with Crippen LogP contribution < -0.4 is 4.18 Å². The molecule has 4 nitrogen and oxygen atoms in total. The third-order valence-electron chi connectivity index (χ3n) is 2.80. The number of aryl methyl sites for hydroxylation is 1. The van der Waals surface area contributed by atoms with Crippen molar-refractivity contribution in [1.29, 1.82) is 0 Å². The molecule has 21 heavy (non-hydrogen) atoms. The van der Waals surface area contributed by atoms with E-state index in [1.165, 1.54) is 31.2 Å². The van der Waals surface area contributed by atoms with Crippen LogP contribution in [0.15, 0.2) is 47.4 Å². The largest absolute Gasteiger partial charge is 0.378 e. The Morgan fingerprint density at radius 1 is 1.14 bits per heavy atom. The first-order valence-corrected chi connectivity index (χ1v) is 7.52. The molecule has 2 aromatic rings. The topological polar surface area (TPSA) is 60.4 Å². The number of halogens is 1. The van der Waals surface area contributed by atoms with E-state index >= 15 is 0 Å². The quantitative estimate of drug-likeness (QED) is 0.643. The molecule has 0 saturated heterocycles. The third-order valence-corrected chi connectivity index (χ3v) is 4.03. The summed E-state index contributed by atoms with van der Waals surface area (Å²) in [4.78, 5) is 11.2. The van der Waals surface area contributed by atoms with Gasteiger partial charge in [-0.05, 0) is 49.7 Å². The number of hydrogen-bond donors (Lipinski definition) is 0. The number of benzene rings is 2. The number of rotatable bonds is 4. The summed E-state index contributed by atoms with van der Waals surface area (Å²) in [5, 5.41) is 0. The van der Waals surface area contributed by atoms with Crippen LogP contribution in [0.1, 0.15) is 22.8 Å². The maximum absolute atomic E-state index is 13.1. The van der Waals surface area contributed by atoms with Gasteiger partial charge in [0.1, 0.15) is 10.7 Å². The monoisotopic (exact) mass is 308 g/mol. The average molecular weight is 308 g/mol. The van der Waals surface area contributed by atoms with Gasteiger partial charge in [0.2, 0.25) is 0 Å². The highest BCUT2D eigenvalue weighted by molar-refractivity contribution is 7.87. The normalized spacial score (nSPS) is 11.2. The molecule has 2 rings (SSSR count). The van der Waals surface area contributed by atoms with Gasteiger partial charge in [0.05, 0.1) is 5.56 Å². The molecule has 0 aliphatic heterocycles. The van der Waals surface area contributed by atoms with E-state index in [1.54, 1.807) is 13.0 Å². The van der Waals surface area contributed by atoms with Crippen molar-refractivity contribution in [2.45, 2.75) is 18.7 Å². The average Bonchev–Trinajstić information content (AvgIpc) is 2.38. The molecule has 0 aliphatic carbocycles. The molecule has 110 valence electrons. The molecule has 0 N–H and O–H groups in total. The van der Waals surface area contributed by atoms with Gasteiger partial charge in [-0.2, -0.15) is 8.42 Å². The Morgan fingerprint density at radius 2 is 1.86 bits per heavy atom. The number of hydrogen-bond acceptors (Lipinski definition) is 4. The predicted octanol–water partition coefficient (Wildman–Crippen LogP) is 3.10. The summed E-state index contributed by atoms with van der Waals surface area (Å²) in [5.41, 5.74) is 0.894. The van der Waals surface area contributed by atoms with Crippen molar-refractivity contribution < 1.29 is 21.8 Å². The number of Topliss-reactive ketones (excluding diaryl/α,β-unsaturated/α-hetero) is 1. The van der Waals surface area contributed by atoms with Gasteiger partial charge < -0.3 is 4.18 Å². The van der Waals surface area contributed by atoms with Crippen LogP contribution in [0.3, 0.4) is 0 Å². The molecule has 0 spiro atoms. The summed E-state index contributed by atoms with van der Waals surface area (Å²) in [6.45, 7) is 3.05. The fraction of sp³-hybridized carbons (Fsp3) is 0.133. The Bertz CT molecular complexity index is 797. The van der Waals surface area contributed by atoms with Gasteiger partial charge in [-0.15, -0.1) is 0 Å². The molecule has 0 fully saturated rings. The number of ketones is 1. The SMILES string of the molecule is CC(=O)c1ccc(C)cc1OS(=O)(=O)c1cccc(F)c1. The first-order valence-electron chi connectivity index (χ1n) is 6.11. The molecular weight excluding hydrogens is 295 g/mol. The van der Waals surface area contributed by atoms with Crippen LogP contribution in [-0.4, -0.2) is 14.2 Å². The lowest BCUT2D eigenvalue weighted by atomic mass is 10.1. The second kappa shape index (κ2) is 5.65. The van der Waals surface area contributed by atoms with Gasteiger partial charge in [-0.1, -0.05) is 12.1 Å². The zero-order valence-corrected chi connectivity index (χ0v) is 12.3. The molecule has 2 aromatic carbocycles. The first-order chi connectivity index (χ1) is 9.79. The summed E-state index contributed by atoms with van der Waals surface area (Å²) < 4.78 is 42.4. The van der Waals surface area contributed by atoms with E-state index in [1.807, 2.05) is 0 Å². The standard InChI is InChI=1S/C15H13FO4S/c1-10-6-7-14(11(2)17)15(8-10)20-21(18,19)13-5-3-4-12(16)9-13/h3-9H,1-2H3. The minimum atomic E-state index is -4.20. The van der Waals surface area contributed by atoms with Crippen molar-refractivity contribution in [2.24, 2.45) is 0 Å². The van der Waals surface area contributed by atoms with Crippen molar-refractivity contribution in [3.8, 4) is 5.75 Å². The van der Waals surface area contributed by atoms with Crippen LogP contribution in [0, 0.1) is 12.7 Å². The Labute approximate surface area is 122 Å². The molecule has 0 aliphatic rings. The highest BCUT2D eigenvalue weighted by Gasteiger charge is 2.20. The zero-order chi connectivity index (χ0) is 15.6. The fourth-order valence-corrected chi connectivity index (χ4v) is 2.75. The Kier molecular flexibility index (Phi) is 4.09. The summed E-state index contributed by atoms with van der Waals surface area (Å²) in [6, 6.07) is 9.11. The van der Waals surface area contributed by atoms with Crippen molar-refractivity contribution in [3.05, 3.63) is 59.4 Å². The fourth-order valence-electron chi connectivity index (χ4n) is 1.78. The smallest absolute Gasteiger partial charge is 0.339 e. The summed E-state index contributed by atoms with van der Waals surface area (Å²) >= 11 is 0. The number of carbonyl (C=O) groups excluding carboxylic acids is 1. The highest BCUT2D eigenvalue weighted by Crippen LogP contribution is 2.25. The predicted molar refractivity (Wildman–Crippen MR) is 75.4 cm³/mol. The zero-order valence-electron chi connectivity index (χ0n) is 11.5. The molecule has 0 bridgehead atoms. The van der Waals surface area contributed by atoms with E-state index in [0.717, 1.165) is 17.7 Å². The lowest BCUT2D eigenvalue weighted by Crippen LogP contribution is -2.12. The second-order valence-corrected chi connectivity index (χ2v) is 6.10. The van der Waals surface area contributed by atoms with Crippen LogP contribution in [0.5, 0.6) is 5.75 Å². The van der Waals surface area contributed by atoms with Crippen molar-refractivity contribution >= 4 is 15.9 Å². The lowest BCUT2D eigenvalue weighted by molar-refractivity contribution is 0.101. The Hall–Kier alpha value is -2.21. The van der Waals surface area contributed by atoms with E-state index < -0.39 is 15.9 Å². The summed E-state index contributed by atoms with van der Waals surface area (Å²) in [5.74, 6) is -1.07. The van der Waals surface area contributed by atoms with Crippen LogP contribution in [0.2, 0.25) is 0 Å². The van der Waals surface area contributed by atoms with E-state index in [4.69, 9.17) is 4.18 Å². The van der Waals surface area contributed by atoms with Gasteiger partial charge in [0, 0.05) is 0 Å². The van der Waals surface area contributed by atoms with E-state index in [-0.39, 0.29) is 22.0 Å². The minimum Gasteiger partial charge on any atom is -0.378 e. The molecule has 0 radical (unpaired) electrons. The maximum atomic E-state index is 13.1. The molecule has 0 heterocycles. The van der Waals surface area contributed by atoms with E-state index in [0.29, 0.717) is 0 Å². The van der Waals surface area contributed by atoms with Gasteiger partial charge in [0.15, 0.2) is 11.5 Å². The van der Waals surface area contributed by atoms with Crippen LogP contribution >= 0.6 is 0 Å². The molecule has 0 amide bonds. The molecule has 0 atom stereocenters. The number of carbonyl (C=O) groups is 1. The Balaban J connectivity index is 2.46. The lowest BCUT2D eigenvalue weighted by Gasteiger charge is -2.11. The summed E-state index contributed by atoms with van der Waals surface area (Å²) in [7, 11) is -4.20. The first kappa shape index (κ1) is 15.2. The van der Waals surface area contributed by atoms with Crippen LogP contribution in [-0.2, 0) is 10.1 Å². The molecule has 0 unspecified atom stereocenters. The van der Waals surface area contributed by atoms with Gasteiger partial charge in [0.25, 0.3) is 0 Å². The van der Waals surface area contributed by atoms with Gasteiger partial charge >= 0.3 is 10.1 Å². The van der Waals surface area contributed by atoms with Crippen molar-refractivity contribution in [3.63, 3.8) is 0 Å². The highest BCUT2D eigenvalue weighted by atomic mass is 32.2. The van der Waals surface area contributed by atoms with Crippen LogP contribution in [0.25, 0.3) is 0 Å². The van der Waals surface area contributed by atoms with Gasteiger partial charge in [-0.3, -0.25) is 4.79 Å². The van der Waals surface area contributed by atoms with E-state index in [9.17, 15) is 17.6 Å². The van der Waals surface area contributed by atoms with Gasteiger partial charge in [-0.25, -0.2) is 4.39 Å². The maximum Gasteiger partial charge on any atom is 0.339 e. The van der Waals surface area contributed by atoms with Crippen molar-refractivity contribution in [2.75, 3.05) is 0 Å². The molecular formula is C15H13FO4S. The molecule has 0 saturated carbocycles. The minimum absolute atomic E-state index is 0.0632. The summed E-state index contributed by atoms with van der Waals surface area (Å²) in [6.07, 6.45) is 0. The molecule has 6 heteroatoms. The van der Waals surface area contributed by atoms with Crippen molar-refractivity contribution in [1.82, 2.24) is 0 Å². The second-order valence-electron chi connectivity index (χ2n) is 4.55. The Morgan fingerprint density at radius 3 is 2.48 bits per heavy atom.